The molecular weight excluding hydrogens is 280 g/mol. The zero-order valence-corrected chi connectivity index (χ0v) is 9.81. The maximum absolute atomic E-state index is 3.52. The number of hydrogen-bond donors (Lipinski definition) is 0. The van der Waals surface area contributed by atoms with Crippen molar-refractivity contribution in [2.75, 3.05) is 5.33 Å². The van der Waals surface area contributed by atoms with Gasteiger partial charge in [0.2, 0.25) is 0 Å². The van der Waals surface area contributed by atoms with Gasteiger partial charge in [0.25, 0.3) is 0 Å². The SMILES string of the molecule is BrCC1CC1c1cccc(Br)c1. The molecule has 0 heterocycles. The summed E-state index contributed by atoms with van der Waals surface area (Å²) in [5, 5.41) is 1.14. The van der Waals surface area contributed by atoms with Crippen molar-refractivity contribution in [2.45, 2.75) is 12.3 Å². The summed E-state index contributed by atoms with van der Waals surface area (Å²) >= 11 is 7.01. The molecule has 0 amide bonds. The Hall–Kier alpha value is 0.180. The van der Waals surface area contributed by atoms with Crippen LogP contribution in [0.25, 0.3) is 0 Å². The summed E-state index contributed by atoms with van der Waals surface area (Å²) in [4.78, 5) is 0. The van der Waals surface area contributed by atoms with Gasteiger partial charge in [-0.05, 0) is 36.0 Å². The Balaban J connectivity index is 2.14. The highest BCUT2D eigenvalue weighted by Crippen LogP contribution is 2.48. The fraction of sp³-hybridized carbons (Fsp3) is 0.400. The summed E-state index contributed by atoms with van der Waals surface area (Å²) in [7, 11) is 0. The van der Waals surface area contributed by atoms with E-state index in [1.54, 1.807) is 0 Å². The van der Waals surface area contributed by atoms with Crippen molar-refractivity contribution in [3.05, 3.63) is 34.3 Å². The van der Waals surface area contributed by atoms with E-state index >= 15 is 0 Å². The quantitative estimate of drug-likeness (QED) is 0.723. The van der Waals surface area contributed by atoms with Gasteiger partial charge >= 0.3 is 0 Å². The molecule has 2 unspecified atom stereocenters. The van der Waals surface area contributed by atoms with Crippen LogP contribution in [0, 0.1) is 5.92 Å². The minimum absolute atomic E-state index is 0.807. The van der Waals surface area contributed by atoms with Crippen molar-refractivity contribution in [2.24, 2.45) is 5.92 Å². The Morgan fingerprint density at radius 1 is 1.42 bits per heavy atom. The number of benzene rings is 1. The van der Waals surface area contributed by atoms with E-state index in [1.165, 1.54) is 16.5 Å². The van der Waals surface area contributed by atoms with Crippen LogP contribution in [0.2, 0.25) is 0 Å². The van der Waals surface area contributed by atoms with Gasteiger partial charge in [-0.1, -0.05) is 44.0 Å². The summed E-state index contributed by atoms with van der Waals surface area (Å²) in [6.45, 7) is 0. The molecule has 2 heteroatoms. The van der Waals surface area contributed by atoms with E-state index in [-0.39, 0.29) is 0 Å². The molecule has 1 aliphatic rings. The molecule has 1 aromatic rings. The number of halogens is 2. The van der Waals surface area contributed by atoms with Crippen LogP contribution in [0.1, 0.15) is 17.9 Å². The van der Waals surface area contributed by atoms with Gasteiger partial charge in [0.15, 0.2) is 0 Å². The Morgan fingerprint density at radius 3 is 2.83 bits per heavy atom. The third kappa shape index (κ3) is 1.74. The van der Waals surface area contributed by atoms with Crippen LogP contribution in [0.15, 0.2) is 28.7 Å². The van der Waals surface area contributed by atoms with Gasteiger partial charge in [0, 0.05) is 9.80 Å². The lowest BCUT2D eigenvalue weighted by molar-refractivity contribution is 0.936. The maximum Gasteiger partial charge on any atom is 0.0178 e. The Morgan fingerprint density at radius 2 is 2.25 bits per heavy atom. The van der Waals surface area contributed by atoms with Gasteiger partial charge in [-0.2, -0.15) is 0 Å². The minimum atomic E-state index is 0.807. The second-order valence-corrected chi connectivity index (χ2v) is 4.87. The van der Waals surface area contributed by atoms with Crippen LogP contribution in [0.3, 0.4) is 0 Å². The van der Waals surface area contributed by atoms with E-state index in [9.17, 15) is 0 Å². The van der Waals surface area contributed by atoms with Crippen LogP contribution in [-0.4, -0.2) is 5.33 Å². The van der Waals surface area contributed by atoms with Gasteiger partial charge in [-0.25, -0.2) is 0 Å². The molecule has 2 atom stereocenters. The Bertz CT molecular complexity index is 283. The number of rotatable bonds is 2. The summed E-state index contributed by atoms with van der Waals surface area (Å²) in [5.74, 6) is 1.68. The monoisotopic (exact) mass is 288 g/mol. The second kappa shape index (κ2) is 3.51. The molecule has 0 radical (unpaired) electrons. The Labute approximate surface area is 89.6 Å². The van der Waals surface area contributed by atoms with Crippen molar-refractivity contribution in [3.8, 4) is 0 Å². The van der Waals surface area contributed by atoms with Crippen molar-refractivity contribution in [1.82, 2.24) is 0 Å². The van der Waals surface area contributed by atoms with E-state index in [0.717, 1.165) is 17.2 Å². The van der Waals surface area contributed by atoms with Crippen LogP contribution in [-0.2, 0) is 0 Å². The van der Waals surface area contributed by atoms with Gasteiger partial charge < -0.3 is 0 Å². The van der Waals surface area contributed by atoms with Gasteiger partial charge in [0.05, 0.1) is 0 Å². The molecule has 2 rings (SSSR count). The highest BCUT2D eigenvalue weighted by Gasteiger charge is 2.36. The van der Waals surface area contributed by atoms with E-state index in [4.69, 9.17) is 0 Å². The molecular formula is C10H10Br2. The normalized spacial score (nSPS) is 27.2. The van der Waals surface area contributed by atoms with E-state index in [1.807, 2.05) is 0 Å². The van der Waals surface area contributed by atoms with Crippen molar-refractivity contribution < 1.29 is 0 Å². The molecule has 1 saturated carbocycles. The van der Waals surface area contributed by atoms with Gasteiger partial charge in [-0.15, -0.1) is 0 Å². The Kier molecular flexibility index (Phi) is 2.56. The highest BCUT2D eigenvalue weighted by atomic mass is 79.9. The first-order valence-electron chi connectivity index (χ1n) is 4.12. The molecule has 0 aliphatic heterocycles. The standard InChI is InChI=1S/C10H10Br2/c11-6-8-5-10(8)7-2-1-3-9(12)4-7/h1-4,8,10H,5-6H2. The molecule has 1 aliphatic carbocycles. The third-order valence-corrected chi connectivity index (χ3v) is 3.72. The molecule has 0 nitrogen and oxygen atoms in total. The predicted octanol–water partition coefficient (Wildman–Crippen LogP) is 3.95. The summed E-state index contributed by atoms with van der Waals surface area (Å²) < 4.78 is 1.19. The third-order valence-electron chi connectivity index (χ3n) is 2.40. The lowest BCUT2D eigenvalue weighted by Crippen LogP contribution is -1.83. The molecule has 1 fully saturated rings. The van der Waals surface area contributed by atoms with Gasteiger partial charge in [0.1, 0.15) is 0 Å². The largest absolute Gasteiger partial charge is 0.0925 e. The van der Waals surface area contributed by atoms with Crippen molar-refractivity contribution in [3.63, 3.8) is 0 Å². The van der Waals surface area contributed by atoms with Crippen LogP contribution in [0.4, 0.5) is 0 Å². The average Bonchev–Trinajstić information content (AvgIpc) is 2.83. The summed E-state index contributed by atoms with van der Waals surface area (Å²) in [6, 6.07) is 8.64. The first-order chi connectivity index (χ1) is 5.81. The second-order valence-electron chi connectivity index (χ2n) is 3.31. The highest BCUT2D eigenvalue weighted by molar-refractivity contribution is 9.10. The molecule has 0 saturated heterocycles. The van der Waals surface area contributed by atoms with Crippen LogP contribution >= 0.6 is 31.9 Å². The lowest BCUT2D eigenvalue weighted by atomic mass is 10.1. The maximum atomic E-state index is 3.52. The zero-order chi connectivity index (χ0) is 8.55. The molecule has 0 N–H and O–H groups in total. The van der Waals surface area contributed by atoms with E-state index in [2.05, 4.69) is 56.1 Å². The molecule has 12 heavy (non-hydrogen) atoms. The molecule has 64 valence electrons. The van der Waals surface area contributed by atoms with Crippen molar-refractivity contribution in [1.29, 1.82) is 0 Å². The molecule has 0 aromatic heterocycles. The van der Waals surface area contributed by atoms with Crippen molar-refractivity contribution >= 4 is 31.9 Å². The minimum Gasteiger partial charge on any atom is -0.0925 e. The topological polar surface area (TPSA) is 0 Å². The molecule has 0 spiro atoms. The lowest BCUT2D eigenvalue weighted by Gasteiger charge is -1.98. The fourth-order valence-electron chi connectivity index (χ4n) is 1.56. The first kappa shape index (κ1) is 8.76. The molecule has 1 aromatic carbocycles. The fourth-order valence-corrected chi connectivity index (χ4v) is 2.70. The van der Waals surface area contributed by atoms with Crippen LogP contribution in [0.5, 0.6) is 0 Å². The number of alkyl halides is 1. The number of hydrogen-bond acceptors (Lipinski definition) is 0. The summed E-state index contributed by atoms with van der Waals surface area (Å²) in [6.07, 6.45) is 1.35. The summed E-state index contributed by atoms with van der Waals surface area (Å²) in [5.41, 5.74) is 1.48. The predicted molar refractivity (Wildman–Crippen MR) is 58.8 cm³/mol. The van der Waals surface area contributed by atoms with E-state index < -0.39 is 0 Å². The first-order valence-corrected chi connectivity index (χ1v) is 6.04. The smallest absolute Gasteiger partial charge is 0.0178 e. The van der Waals surface area contributed by atoms with Crippen LogP contribution < -0.4 is 0 Å². The average molecular weight is 290 g/mol. The van der Waals surface area contributed by atoms with Gasteiger partial charge in [-0.3, -0.25) is 0 Å². The van der Waals surface area contributed by atoms with E-state index in [0.29, 0.717) is 0 Å². The zero-order valence-electron chi connectivity index (χ0n) is 6.63. The molecule has 0 bridgehead atoms.